The highest BCUT2D eigenvalue weighted by atomic mass is 32.1. The van der Waals surface area contributed by atoms with Crippen molar-refractivity contribution >= 4 is 17.3 Å². The summed E-state index contributed by atoms with van der Waals surface area (Å²) in [6.07, 6.45) is 8.81. The fraction of sp³-hybridized carbons (Fsp3) is 0.647. The van der Waals surface area contributed by atoms with E-state index in [1.54, 1.807) is 11.3 Å². The second-order valence-electron chi connectivity index (χ2n) is 6.06. The van der Waals surface area contributed by atoms with Crippen LogP contribution >= 0.6 is 11.3 Å². The molecule has 0 aromatic carbocycles. The van der Waals surface area contributed by atoms with Gasteiger partial charge < -0.3 is 10.2 Å². The predicted molar refractivity (Wildman–Crippen MR) is 97.0 cm³/mol. The first kappa shape index (κ1) is 16.5. The maximum absolute atomic E-state index is 4.82. The van der Waals surface area contributed by atoms with Gasteiger partial charge in [0.05, 0.1) is 6.54 Å². The van der Waals surface area contributed by atoms with Gasteiger partial charge in [-0.3, -0.25) is 4.90 Å². The summed E-state index contributed by atoms with van der Waals surface area (Å²) in [6.45, 7) is 10.3. The summed E-state index contributed by atoms with van der Waals surface area (Å²) in [7, 11) is 0. The minimum atomic E-state index is 0.653. The van der Waals surface area contributed by atoms with E-state index >= 15 is 0 Å². The van der Waals surface area contributed by atoms with E-state index in [1.165, 1.54) is 11.3 Å². The molecule has 1 fully saturated rings. The topological polar surface area (TPSA) is 43.8 Å². The van der Waals surface area contributed by atoms with E-state index < -0.39 is 0 Å². The Morgan fingerprint density at radius 1 is 1.39 bits per heavy atom. The van der Waals surface area contributed by atoms with Crippen LogP contribution in [0, 0.1) is 0 Å². The summed E-state index contributed by atoms with van der Waals surface area (Å²) in [5, 5.41) is 4.55. The van der Waals surface area contributed by atoms with Crippen LogP contribution in [0.1, 0.15) is 30.2 Å². The van der Waals surface area contributed by atoms with E-state index in [2.05, 4.69) is 46.1 Å². The number of likely N-dealkylation sites (tertiary alicyclic amines) is 1. The van der Waals surface area contributed by atoms with E-state index in [0.717, 1.165) is 50.1 Å². The number of guanidine groups is 1. The fourth-order valence-corrected chi connectivity index (χ4v) is 3.96. The average molecular weight is 334 g/mol. The standard InChI is InChI=1S/C17H27N5S/c1-3-15-11-19-16(23-15)12-20-17(18-4-2)22-10-7-14(13-22)21-8-5-6-9-21/h5-6,11,14H,3-4,7-10,12-13H2,1-2H3,(H,18,20). The zero-order chi connectivity index (χ0) is 16.1. The van der Waals surface area contributed by atoms with Gasteiger partial charge in [0, 0.05) is 49.8 Å². The molecular formula is C17H27N5S. The predicted octanol–water partition coefficient (Wildman–Crippen LogP) is 2.12. The molecule has 126 valence electrons. The van der Waals surface area contributed by atoms with Gasteiger partial charge in [0.25, 0.3) is 0 Å². The van der Waals surface area contributed by atoms with E-state index in [1.807, 2.05) is 6.20 Å². The minimum absolute atomic E-state index is 0.653. The molecule has 0 bridgehead atoms. The molecule has 1 saturated heterocycles. The Morgan fingerprint density at radius 2 is 2.22 bits per heavy atom. The van der Waals surface area contributed by atoms with Crippen molar-refractivity contribution < 1.29 is 0 Å². The van der Waals surface area contributed by atoms with E-state index in [0.29, 0.717) is 12.6 Å². The van der Waals surface area contributed by atoms with Crippen molar-refractivity contribution in [3.8, 4) is 0 Å². The van der Waals surface area contributed by atoms with Crippen LogP contribution in [0.5, 0.6) is 0 Å². The molecule has 0 saturated carbocycles. The highest BCUT2D eigenvalue weighted by Crippen LogP contribution is 2.19. The molecule has 3 rings (SSSR count). The van der Waals surface area contributed by atoms with Gasteiger partial charge in [0.2, 0.25) is 0 Å². The van der Waals surface area contributed by atoms with Crippen molar-refractivity contribution in [2.45, 2.75) is 39.3 Å². The number of aliphatic imine (C=N–C) groups is 1. The fourth-order valence-electron chi connectivity index (χ4n) is 3.18. The van der Waals surface area contributed by atoms with Crippen molar-refractivity contribution in [1.29, 1.82) is 0 Å². The van der Waals surface area contributed by atoms with Crippen LogP contribution in [-0.4, -0.2) is 59.5 Å². The van der Waals surface area contributed by atoms with Gasteiger partial charge in [-0.1, -0.05) is 19.1 Å². The molecule has 2 aliphatic heterocycles. The van der Waals surface area contributed by atoms with Crippen LogP contribution < -0.4 is 5.32 Å². The number of rotatable bonds is 5. The third kappa shape index (κ3) is 4.12. The van der Waals surface area contributed by atoms with Crippen molar-refractivity contribution in [2.24, 2.45) is 4.99 Å². The van der Waals surface area contributed by atoms with Crippen molar-refractivity contribution in [1.82, 2.24) is 20.1 Å². The van der Waals surface area contributed by atoms with Crippen LogP contribution in [0.25, 0.3) is 0 Å². The molecule has 0 radical (unpaired) electrons. The number of hydrogen-bond donors (Lipinski definition) is 1. The molecule has 2 aliphatic rings. The first-order chi connectivity index (χ1) is 11.3. The molecule has 0 amide bonds. The number of hydrogen-bond acceptors (Lipinski definition) is 4. The zero-order valence-electron chi connectivity index (χ0n) is 14.2. The Kier molecular flexibility index (Phi) is 5.67. The van der Waals surface area contributed by atoms with Gasteiger partial charge in [-0.25, -0.2) is 9.98 Å². The molecule has 1 aromatic heterocycles. The highest BCUT2D eigenvalue weighted by molar-refractivity contribution is 7.11. The molecule has 1 unspecified atom stereocenters. The van der Waals surface area contributed by atoms with Crippen LogP contribution in [0.2, 0.25) is 0 Å². The third-order valence-electron chi connectivity index (χ3n) is 4.47. The van der Waals surface area contributed by atoms with Crippen molar-refractivity contribution in [3.05, 3.63) is 28.2 Å². The first-order valence-corrected chi connectivity index (χ1v) is 9.47. The Morgan fingerprint density at radius 3 is 2.91 bits per heavy atom. The molecule has 0 aliphatic carbocycles. The van der Waals surface area contributed by atoms with Crippen LogP contribution in [-0.2, 0) is 13.0 Å². The molecule has 1 atom stereocenters. The van der Waals surface area contributed by atoms with Crippen molar-refractivity contribution in [2.75, 3.05) is 32.7 Å². The van der Waals surface area contributed by atoms with Crippen LogP contribution in [0.3, 0.4) is 0 Å². The van der Waals surface area contributed by atoms with Gasteiger partial charge in [0.1, 0.15) is 5.01 Å². The van der Waals surface area contributed by atoms with Gasteiger partial charge in [0.15, 0.2) is 5.96 Å². The molecule has 23 heavy (non-hydrogen) atoms. The summed E-state index contributed by atoms with van der Waals surface area (Å²) in [5.74, 6) is 1.04. The molecule has 1 N–H and O–H groups in total. The van der Waals surface area contributed by atoms with Crippen LogP contribution in [0.15, 0.2) is 23.3 Å². The van der Waals surface area contributed by atoms with Gasteiger partial charge in [-0.2, -0.15) is 0 Å². The Hall–Kier alpha value is -1.40. The van der Waals surface area contributed by atoms with Gasteiger partial charge >= 0.3 is 0 Å². The summed E-state index contributed by atoms with van der Waals surface area (Å²) in [6, 6.07) is 0.653. The normalized spacial score (nSPS) is 22.3. The SMILES string of the molecule is CCNC(=NCc1ncc(CC)s1)N1CCC(N2CC=CC2)C1. The second-order valence-corrected chi connectivity index (χ2v) is 7.26. The second kappa shape index (κ2) is 7.93. The summed E-state index contributed by atoms with van der Waals surface area (Å²) < 4.78 is 0. The van der Waals surface area contributed by atoms with E-state index in [-0.39, 0.29) is 0 Å². The van der Waals surface area contributed by atoms with Gasteiger partial charge in [-0.05, 0) is 19.8 Å². The van der Waals surface area contributed by atoms with E-state index in [9.17, 15) is 0 Å². The number of nitrogens with one attached hydrogen (secondary N) is 1. The summed E-state index contributed by atoms with van der Waals surface area (Å²) >= 11 is 1.78. The maximum Gasteiger partial charge on any atom is 0.194 e. The third-order valence-corrected chi connectivity index (χ3v) is 5.60. The van der Waals surface area contributed by atoms with Gasteiger partial charge in [-0.15, -0.1) is 11.3 Å². The lowest BCUT2D eigenvalue weighted by molar-refractivity contribution is 0.259. The Bertz CT molecular complexity index is 557. The molecule has 0 spiro atoms. The molecule has 1 aromatic rings. The molecule has 5 nitrogen and oxygen atoms in total. The highest BCUT2D eigenvalue weighted by Gasteiger charge is 2.29. The maximum atomic E-state index is 4.82. The Balaban J connectivity index is 1.60. The lowest BCUT2D eigenvalue weighted by Gasteiger charge is -2.25. The smallest absolute Gasteiger partial charge is 0.194 e. The summed E-state index contributed by atoms with van der Waals surface area (Å²) in [5.41, 5.74) is 0. The lowest BCUT2D eigenvalue weighted by atomic mass is 10.2. The monoisotopic (exact) mass is 333 g/mol. The zero-order valence-corrected chi connectivity index (χ0v) is 15.0. The van der Waals surface area contributed by atoms with Crippen molar-refractivity contribution in [3.63, 3.8) is 0 Å². The first-order valence-electron chi connectivity index (χ1n) is 8.66. The molecular weight excluding hydrogens is 306 g/mol. The largest absolute Gasteiger partial charge is 0.357 e. The quantitative estimate of drug-likeness (QED) is 0.509. The van der Waals surface area contributed by atoms with Crippen LogP contribution in [0.4, 0.5) is 0 Å². The number of aryl methyl sites for hydroxylation is 1. The summed E-state index contributed by atoms with van der Waals surface area (Å²) in [4.78, 5) is 15.6. The Labute approximate surface area is 143 Å². The number of thiazole rings is 1. The molecule has 6 heteroatoms. The average Bonchev–Trinajstić information content (AvgIpc) is 3.32. The number of nitrogens with zero attached hydrogens (tertiary/aromatic N) is 4. The minimum Gasteiger partial charge on any atom is -0.357 e. The van der Waals surface area contributed by atoms with E-state index in [4.69, 9.17) is 4.99 Å². The number of aromatic nitrogens is 1. The molecule has 3 heterocycles. The lowest BCUT2D eigenvalue weighted by Crippen LogP contribution is -2.42.